The van der Waals surface area contributed by atoms with Gasteiger partial charge in [0.25, 0.3) is 5.91 Å². The molecule has 0 aliphatic carbocycles. The Hall–Kier alpha value is -3.03. The van der Waals surface area contributed by atoms with Gasteiger partial charge in [0.05, 0.1) is 30.2 Å². The Kier molecular flexibility index (Phi) is 3.42. The van der Waals surface area contributed by atoms with Crippen molar-refractivity contribution in [2.75, 3.05) is 11.9 Å². The van der Waals surface area contributed by atoms with Crippen LogP contribution in [0.5, 0.6) is 0 Å². The number of hydrogen-bond donors (Lipinski definition) is 2. The summed E-state index contributed by atoms with van der Waals surface area (Å²) in [6.07, 6.45) is 4.77. The van der Waals surface area contributed by atoms with Crippen LogP contribution in [-0.2, 0) is 18.9 Å². The number of furan rings is 1. The van der Waals surface area contributed by atoms with Gasteiger partial charge in [-0.2, -0.15) is 5.10 Å². The lowest BCUT2D eigenvalue weighted by Crippen LogP contribution is -2.33. The van der Waals surface area contributed by atoms with Gasteiger partial charge in [-0.25, -0.2) is 0 Å². The van der Waals surface area contributed by atoms with Crippen molar-refractivity contribution < 1.29 is 14.0 Å². The van der Waals surface area contributed by atoms with Gasteiger partial charge < -0.3 is 19.6 Å². The fourth-order valence-corrected chi connectivity index (χ4v) is 2.21. The number of carbonyl (C=O) groups excluding carboxylic acids is 2. The summed E-state index contributed by atoms with van der Waals surface area (Å²) >= 11 is 0. The summed E-state index contributed by atoms with van der Waals surface area (Å²) in [6, 6.07) is 3.42. The summed E-state index contributed by atoms with van der Waals surface area (Å²) in [7, 11) is 3.52. The summed E-state index contributed by atoms with van der Waals surface area (Å²) in [5.74, 6) is -0.658. The van der Waals surface area contributed by atoms with Crippen LogP contribution in [0.25, 0.3) is 11.1 Å². The van der Waals surface area contributed by atoms with Gasteiger partial charge in [0, 0.05) is 32.4 Å². The Morgan fingerprint density at radius 2 is 2.18 bits per heavy atom. The van der Waals surface area contributed by atoms with Crippen LogP contribution in [0.3, 0.4) is 0 Å². The van der Waals surface area contributed by atoms with E-state index in [4.69, 9.17) is 4.42 Å². The third-order valence-electron chi connectivity index (χ3n) is 3.29. The van der Waals surface area contributed by atoms with E-state index in [9.17, 15) is 9.59 Å². The van der Waals surface area contributed by atoms with E-state index >= 15 is 0 Å². The maximum atomic E-state index is 12.1. The number of anilines is 1. The van der Waals surface area contributed by atoms with Crippen molar-refractivity contribution in [2.45, 2.75) is 0 Å². The molecular formula is C14H15N5O3. The molecular weight excluding hydrogens is 286 g/mol. The maximum Gasteiger partial charge on any atom is 0.268 e. The van der Waals surface area contributed by atoms with Crippen molar-refractivity contribution in [2.24, 2.45) is 14.1 Å². The molecule has 2 amide bonds. The van der Waals surface area contributed by atoms with Crippen LogP contribution in [0.2, 0.25) is 0 Å². The van der Waals surface area contributed by atoms with Crippen LogP contribution in [0.4, 0.5) is 5.69 Å². The molecule has 114 valence electrons. The predicted molar refractivity (Wildman–Crippen MR) is 79.4 cm³/mol. The summed E-state index contributed by atoms with van der Waals surface area (Å²) < 4.78 is 8.54. The van der Waals surface area contributed by atoms with E-state index in [1.165, 1.54) is 6.20 Å². The third-order valence-corrected chi connectivity index (χ3v) is 3.29. The second-order valence-corrected chi connectivity index (χ2v) is 4.89. The summed E-state index contributed by atoms with van der Waals surface area (Å²) in [4.78, 5) is 23.9. The monoisotopic (exact) mass is 301 g/mol. The lowest BCUT2D eigenvalue weighted by atomic mass is 10.4. The fraction of sp³-hybridized carbons (Fsp3) is 0.214. The molecule has 8 heteroatoms. The molecule has 0 saturated heterocycles. The summed E-state index contributed by atoms with van der Waals surface area (Å²) in [5.41, 5.74) is 2.47. The standard InChI is InChI=1S/C14H15N5O3/c1-18-8-9(6-16-18)17-13(20)7-15-14(21)11-5-12-10(19(11)2)3-4-22-12/h3-6,8H,7H2,1-2H3,(H,15,21)(H,17,20). The average Bonchev–Trinajstić information content (AvgIpc) is 3.16. The van der Waals surface area contributed by atoms with Gasteiger partial charge in [0.1, 0.15) is 5.69 Å². The van der Waals surface area contributed by atoms with E-state index in [2.05, 4.69) is 15.7 Å². The molecule has 0 aromatic carbocycles. The molecule has 0 aliphatic heterocycles. The van der Waals surface area contributed by atoms with Crippen molar-refractivity contribution in [3.63, 3.8) is 0 Å². The smallest absolute Gasteiger partial charge is 0.268 e. The SMILES string of the molecule is Cn1cc(NC(=O)CNC(=O)c2cc3occc3n2C)cn1. The minimum atomic E-state index is -0.338. The topological polar surface area (TPSA) is 94.1 Å². The number of fused-ring (bicyclic) bond motifs is 1. The summed E-state index contributed by atoms with van der Waals surface area (Å²) in [6.45, 7) is -0.125. The van der Waals surface area contributed by atoms with Gasteiger partial charge in [-0.05, 0) is 0 Å². The van der Waals surface area contributed by atoms with Crippen LogP contribution in [-0.4, -0.2) is 32.7 Å². The molecule has 0 fully saturated rings. The van der Waals surface area contributed by atoms with Crippen molar-refractivity contribution in [1.29, 1.82) is 0 Å². The van der Waals surface area contributed by atoms with Crippen LogP contribution in [0, 0.1) is 0 Å². The highest BCUT2D eigenvalue weighted by Crippen LogP contribution is 2.19. The average molecular weight is 301 g/mol. The van der Waals surface area contributed by atoms with E-state index in [0.29, 0.717) is 17.0 Å². The van der Waals surface area contributed by atoms with E-state index in [-0.39, 0.29) is 18.4 Å². The molecule has 3 heterocycles. The van der Waals surface area contributed by atoms with Crippen molar-refractivity contribution in [3.05, 3.63) is 36.5 Å². The van der Waals surface area contributed by atoms with Gasteiger partial charge >= 0.3 is 0 Å². The van der Waals surface area contributed by atoms with Gasteiger partial charge in [0.15, 0.2) is 5.58 Å². The number of hydrogen-bond acceptors (Lipinski definition) is 4. The van der Waals surface area contributed by atoms with Gasteiger partial charge in [-0.15, -0.1) is 0 Å². The largest absolute Gasteiger partial charge is 0.463 e. The van der Waals surface area contributed by atoms with Crippen LogP contribution in [0.15, 0.2) is 35.2 Å². The molecule has 2 N–H and O–H groups in total. The Bertz CT molecular complexity index is 842. The molecule has 0 unspecified atom stereocenters. The molecule has 8 nitrogen and oxygen atoms in total. The van der Waals surface area contributed by atoms with E-state index in [1.807, 2.05) is 0 Å². The van der Waals surface area contributed by atoms with Crippen LogP contribution < -0.4 is 10.6 Å². The first-order valence-electron chi connectivity index (χ1n) is 6.64. The van der Waals surface area contributed by atoms with Crippen molar-refractivity contribution in [3.8, 4) is 0 Å². The normalized spacial score (nSPS) is 10.8. The highest BCUT2D eigenvalue weighted by atomic mass is 16.3. The van der Waals surface area contributed by atoms with E-state index < -0.39 is 0 Å². The first-order valence-corrected chi connectivity index (χ1v) is 6.64. The highest BCUT2D eigenvalue weighted by molar-refractivity contribution is 6.00. The molecule has 0 spiro atoms. The number of carbonyl (C=O) groups is 2. The zero-order valence-electron chi connectivity index (χ0n) is 12.2. The predicted octanol–water partition coefficient (Wildman–Crippen LogP) is 0.873. The molecule has 0 atom stereocenters. The van der Waals surface area contributed by atoms with Crippen molar-refractivity contribution in [1.82, 2.24) is 19.7 Å². The molecule has 0 radical (unpaired) electrons. The van der Waals surface area contributed by atoms with Gasteiger partial charge in [-0.1, -0.05) is 0 Å². The first kappa shape index (κ1) is 13.9. The number of aromatic nitrogens is 3. The third kappa shape index (κ3) is 2.58. The van der Waals surface area contributed by atoms with Gasteiger partial charge in [0.2, 0.25) is 5.91 Å². The Morgan fingerprint density at radius 1 is 1.36 bits per heavy atom. The number of amides is 2. The second kappa shape index (κ2) is 5.40. The number of nitrogens with zero attached hydrogens (tertiary/aromatic N) is 3. The number of rotatable bonds is 4. The molecule has 0 saturated carbocycles. The minimum absolute atomic E-state index is 0.125. The molecule has 0 aliphatic rings. The molecule has 3 aromatic heterocycles. The Labute approximate surface area is 125 Å². The highest BCUT2D eigenvalue weighted by Gasteiger charge is 2.15. The molecule has 3 aromatic rings. The fourth-order valence-electron chi connectivity index (χ4n) is 2.21. The Balaban J connectivity index is 1.61. The molecule has 3 rings (SSSR count). The van der Waals surface area contributed by atoms with Crippen molar-refractivity contribution >= 4 is 28.6 Å². The van der Waals surface area contributed by atoms with E-state index in [0.717, 1.165) is 5.52 Å². The number of aryl methyl sites for hydroxylation is 2. The van der Waals surface area contributed by atoms with Gasteiger partial charge in [-0.3, -0.25) is 14.3 Å². The quantitative estimate of drug-likeness (QED) is 0.747. The van der Waals surface area contributed by atoms with Crippen LogP contribution in [0.1, 0.15) is 10.5 Å². The zero-order chi connectivity index (χ0) is 15.7. The molecule has 0 bridgehead atoms. The maximum absolute atomic E-state index is 12.1. The minimum Gasteiger partial charge on any atom is -0.463 e. The van der Waals surface area contributed by atoms with E-state index in [1.54, 1.807) is 47.9 Å². The second-order valence-electron chi connectivity index (χ2n) is 4.89. The Morgan fingerprint density at radius 3 is 2.86 bits per heavy atom. The lowest BCUT2D eigenvalue weighted by Gasteiger charge is -2.06. The van der Waals surface area contributed by atoms with Crippen LogP contribution >= 0.6 is 0 Å². The number of nitrogens with one attached hydrogen (secondary N) is 2. The zero-order valence-corrected chi connectivity index (χ0v) is 12.2. The lowest BCUT2D eigenvalue weighted by molar-refractivity contribution is -0.115. The summed E-state index contributed by atoms with van der Waals surface area (Å²) in [5, 5.41) is 9.16. The molecule has 22 heavy (non-hydrogen) atoms. The first-order chi connectivity index (χ1) is 10.5.